The van der Waals surface area contributed by atoms with Crippen LogP contribution in [0.5, 0.6) is 0 Å². The van der Waals surface area contributed by atoms with E-state index in [1.54, 1.807) is 0 Å². The van der Waals surface area contributed by atoms with Gasteiger partial charge in [-0.05, 0) is 49.8 Å². The number of hydrogen-bond donors (Lipinski definition) is 1. The second-order valence-corrected chi connectivity index (χ2v) is 4.86. The zero-order valence-electron chi connectivity index (χ0n) is 9.54. The van der Waals surface area contributed by atoms with Crippen molar-refractivity contribution in [2.45, 2.75) is 38.7 Å². The predicted molar refractivity (Wildman–Crippen MR) is 67.7 cm³/mol. The number of aliphatic hydroxyl groups is 1. The summed E-state index contributed by atoms with van der Waals surface area (Å²) in [6.07, 6.45) is 6.11. The molecular formula is C14H17ClO. The van der Waals surface area contributed by atoms with Crippen LogP contribution in [0, 0.1) is 6.92 Å². The number of rotatable bonds is 2. The van der Waals surface area contributed by atoms with Crippen LogP contribution in [-0.2, 0) is 0 Å². The van der Waals surface area contributed by atoms with E-state index in [-0.39, 0.29) is 0 Å². The van der Waals surface area contributed by atoms with Crippen LogP contribution in [0.2, 0.25) is 5.02 Å². The lowest BCUT2D eigenvalue weighted by atomic mass is 9.91. The fraction of sp³-hybridized carbons (Fsp3) is 0.429. The molecule has 86 valence electrons. The number of allylic oxidation sites excluding steroid dienone is 1. The van der Waals surface area contributed by atoms with E-state index in [0.717, 1.165) is 29.5 Å². The first-order chi connectivity index (χ1) is 7.68. The van der Waals surface area contributed by atoms with Crippen LogP contribution in [0.15, 0.2) is 29.8 Å². The second kappa shape index (κ2) is 5.03. The van der Waals surface area contributed by atoms with Crippen molar-refractivity contribution >= 4 is 11.6 Å². The van der Waals surface area contributed by atoms with Crippen LogP contribution in [-0.4, -0.2) is 5.11 Å². The Hall–Kier alpha value is -0.790. The molecule has 1 aromatic rings. The number of halogens is 1. The summed E-state index contributed by atoms with van der Waals surface area (Å²) >= 11 is 6.16. The first-order valence-corrected chi connectivity index (χ1v) is 6.19. The van der Waals surface area contributed by atoms with Crippen molar-refractivity contribution < 1.29 is 5.11 Å². The maximum atomic E-state index is 10.3. The quantitative estimate of drug-likeness (QED) is 0.764. The van der Waals surface area contributed by atoms with Gasteiger partial charge in [-0.15, -0.1) is 0 Å². The van der Waals surface area contributed by atoms with Crippen molar-refractivity contribution in [3.05, 3.63) is 46.0 Å². The minimum Gasteiger partial charge on any atom is -0.384 e. The van der Waals surface area contributed by atoms with Crippen LogP contribution in [0.25, 0.3) is 0 Å². The van der Waals surface area contributed by atoms with Gasteiger partial charge in [0, 0.05) is 10.6 Å². The molecule has 1 atom stereocenters. The highest BCUT2D eigenvalue weighted by atomic mass is 35.5. The molecule has 1 aromatic carbocycles. The first kappa shape index (κ1) is 11.7. The Balaban J connectivity index is 2.26. The summed E-state index contributed by atoms with van der Waals surface area (Å²) < 4.78 is 0. The molecule has 0 saturated carbocycles. The Kier molecular flexibility index (Phi) is 3.67. The maximum Gasteiger partial charge on any atom is 0.101 e. The normalized spacial score (nSPS) is 18.1. The van der Waals surface area contributed by atoms with E-state index in [1.807, 2.05) is 25.1 Å². The minimum absolute atomic E-state index is 0.520. The van der Waals surface area contributed by atoms with E-state index >= 15 is 0 Å². The zero-order valence-corrected chi connectivity index (χ0v) is 10.3. The van der Waals surface area contributed by atoms with E-state index < -0.39 is 6.10 Å². The second-order valence-electron chi connectivity index (χ2n) is 4.45. The Morgan fingerprint density at radius 2 is 2.12 bits per heavy atom. The largest absolute Gasteiger partial charge is 0.384 e. The zero-order chi connectivity index (χ0) is 11.5. The van der Waals surface area contributed by atoms with Crippen molar-refractivity contribution in [3.8, 4) is 0 Å². The summed E-state index contributed by atoms with van der Waals surface area (Å²) in [5, 5.41) is 10.9. The molecule has 0 fully saturated rings. The van der Waals surface area contributed by atoms with Gasteiger partial charge < -0.3 is 5.11 Å². The van der Waals surface area contributed by atoms with E-state index in [1.165, 1.54) is 12.8 Å². The molecule has 2 rings (SSSR count). The van der Waals surface area contributed by atoms with E-state index in [4.69, 9.17) is 11.6 Å². The molecule has 0 aromatic heterocycles. The lowest BCUT2D eigenvalue weighted by Crippen LogP contribution is -2.05. The smallest absolute Gasteiger partial charge is 0.101 e. The lowest BCUT2D eigenvalue weighted by molar-refractivity contribution is 0.208. The molecule has 0 spiro atoms. The molecule has 0 heterocycles. The minimum atomic E-state index is -0.520. The van der Waals surface area contributed by atoms with Crippen molar-refractivity contribution in [3.63, 3.8) is 0 Å². The molecule has 1 N–H and O–H groups in total. The fourth-order valence-corrected chi connectivity index (χ4v) is 2.50. The van der Waals surface area contributed by atoms with Gasteiger partial charge >= 0.3 is 0 Å². The molecule has 2 heteroatoms. The summed E-state index contributed by atoms with van der Waals surface area (Å²) in [4.78, 5) is 0. The number of hydrogen-bond acceptors (Lipinski definition) is 1. The third-order valence-corrected chi connectivity index (χ3v) is 3.46. The molecule has 0 amide bonds. The highest BCUT2D eigenvalue weighted by Gasteiger charge is 2.17. The van der Waals surface area contributed by atoms with Gasteiger partial charge in [-0.3, -0.25) is 0 Å². The van der Waals surface area contributed by atoms with E-state index in [0.29, 0.717) is 5.02 Å². The summed E-state index contributed by atoms with van der Waals surface area (Å²) in [7, 11) is 0. The standard InChI is InChI=1S/C14H17ClO/c1-10-7-8-12(13(15)9-10)14(16)11-5-3-2-4-6-11/h5,7-9,14,16H,2-4,6H2,1H3. The van der Waals surface area contributed by atoms with Gasteiger partial charge in [0.05, 0.1) is 0 Å². The molecule has 0 saturated heterocycles. The van der Waals surface area contributed by atoms with Crippen LogP contribution < -0.4 is 0 Å². The highest BCUT2D eigenvalue weighted by molar-refractivity contribution is 6.31. The third kappa shape index (κ3) is 2.47. The number of aryl methyl sites for hydroxylation is 1. The first-order valence-electron chi connectivity index (χ1n) is 5.81. The Morgan fingerprint density at radius 3 is 2.75 bits per heavy atom. The van der Waals surface area contributed by atoms with Gasteiger partial charge in [-0.25, -0.2) is 0 Å². The lowest BCUT2D eigenvalue weighted by Gasteiger charge is -2.20. The Labute approximate surface area is 102 Å². The van der Waals surface area contributed by atoms with Gasteiger partial charge in [-0.2, -0.15) is 0 Å². The summed E-state index contributed by atoms with van der Waals surface area (Å²) in [6, 6.07) is 5.83. The molecule has 1 nitrogen and oxygen atoms in total. The van der Waals surface area contributed by atoms with Crippen LogP contribution in [0.4, 0.5) is 0 Å². The number of aliphatic hydroxyl groups excluding tert-OH is 1. The SMILES string of the molecule is Cc1ccc(C(O)C2=CCCCC2)c(Cl)c1. The van der Waals surface area contributed by atoms with E-state index in [2.05, 4.69) is 6.08 Å². The molecule has 1 aliphatic carbocycles. The molecule has 16 heavy (non-hydrogen) atoms. The Bertz CT molecular complexity index is 409. The molecule has 0 aliphatic heterocycles. The monoisotopic (exact) mass is 236 g/mol. The van der Waals surface area contributed by atoms with Crippen LogP contribution in [0.3, 0.4) is 0 Å². The molecule has 1 unspecified atom stereocenters. The molecular weight excluding hydrogens is 220 g/mol. The van der Waals surface area contributed by atoms with E-state index in [9.17, 15) is 5.11 Å². The van der Waals surface area contributed by atoms with Gasteiger partial charge in [0.15, 0.2) is 0 Å². The van der Waals surface area contributed by atoms with Gasteiger partial charge in [0.2, 0.25) is 0 Å². The average molecular weight is 237 g/mol. The average Bonchev–Trinajstić information content (AvgIpc) is 2.29. The number of benzene rings is 1. The van der Waals surface area contributed by atoms with Crippen molar-refractivity contribution in [2.75, 3.05) is 0 Å². The van der Waals surface area contributed by atoms with Gasteiger partial charge in [-0.1, -0.05) is 29.8 Å². The highest BCUT2D eigenvalue weighted by Crippen LogP contribution is 2.33. The summed E-state index contributed by atoms with van der Waals surface area (Å²) in [5.74, 6) is 0. The predicted octanol–water partition coefficient (Wildman–Crippen LogP) is 4.18. The Morgan fingerprint density at radius 1 is 1.31 bits per heavy atom. The molecule has 0 bridgehead atoms. The molecule has 0 radical (unpaired) electrons. The van der Waals surface area contributed by atoms with Crippen LogP contribution >= 0.6 is 11.6 Å². The van der Waals surface area contributed by atoms with Crippen LogP contribution in [0.1, 0.15) is 42.9 Å². The summed E-state index contributed by atoms with van der Waals surface area (Å²) in [5.41, 5.74) is 3.08. The van der Waals surface area contributed by atoms with Gasteiger partial charge in [0.25, 0.3) is 0 Å². The van der Waals surface area contributed by atoms with Crippen molar-refractivity contribution in [2.24, 2.45) is 0 Å². The fourth-order valence-electron chi connectivity index (χ4n) is 2.16. The van der Waals surface area contributed by atoms with Crippen molar-refractivity contribution in [1.82, 2.24) is 0 Å². The third-order valence-electron chi connectivity index (χ3n) is 3.13. The summed E-state index contributed by atoms with van der Waals surface area (Å²) in [6.45, 7) is 2.00. The van der Waals surface area contributed by atoms with Gasteiger partial charge in [0.1, 0.15) is 6.10 Å². The maximum absolute atomic E-state index is 10.3. The molecule has 1 aliphatic rings. The van der Waals surface area contributed by atoms with Crippen molar-refractivity contribution in [1.29, 1.82) is 0 Å². The topological polar surface area (TPSA) is 20.2 Å².